The molecule has 0 aromatic carbocycles. The second kappa shape index (κ2) is 5.34. The van der Waals surface area contributed by atoms with Crippen LogP contribution in [0, 0.1) is 0 Å². The molecule has 0 aliphatic rings. The SMILES string of the molecule is CC=C([N-]N=C(C)[S-])c1ccccn1. The van der Waals surface area contributed by atoms with Gasteiger partial charge in [0.25, 0.3) is 0 Å². The van der Waals surface area contributed by atoms with Crippen LogP contribution in [0.5, 0.6) is 0 Å². The van der Waals surface area contributed by atoms with E-state index in [9.17, 15) is 0 Å². The van der Waals surface area contributed by atoms with Crippen molar-refractivity contribution in [2.75, 3.05) is 0 Å². The van der Waals surface area contributed by atoms with Crippen LogP contribution >= 0.6 is 0 Å². The first-order chi connectivity index (χ1) is 6.74. The van der Waals surface area contributed by atoms with Crippen molar-refractivity contribution in [2.45, 2.75) is 13.8 Å². The Balaban J connectivity index is 2.80. The predicted octanol–water partition coefficient (Wildman–Crippen LogP) is 2.70. The van der Waals surface area contributed by atoms with Gasteiger partial charge >= 0.3 is 0 Å². The molecule has 0 bridgehead atoms. The van der Waals surface area contributed by atoms with Crippen LogP contribution in [-0.2, 0) is 12.6 Å². The summed E-state index contributed by atoms with van der Waals surface area (Å²) in [6.07, 6.45) is 3.57. The fourth-order valence-corrected chi connectivity index (χ4v) is 0.936. The largest absolute Gasteiger partial charge is 0.767 e. The van der Waals surface area contributed by atoms with Gasteiger partial charge in [0, 0.05) is 11.9 Å². The zero-order chi connectivity index (χ0) is 10.4. The van der Waals surface area contributed by atoms with Gasteiger partial charge in [-0.05, 0) is 26.0 Å². The van der Waals surface area contributed by atoms with Gasteiger partial charge in [0.05, 0.1) is 0 Å². The Morgan fingerprint density at radius 2 is 2.36 bits per heavy atom. The molecule has 1 aromatic rings. The minimum Gasteiger partial charge on any atom is -0.767 e. The lowest BCUT2D eigenvalue weighted by molar-refractivity contribution is 1.26. The van der Waals surface area contributed by atoms with Crippen molar-refractivity contribution >= 4 is 23.4 Å². The molecule has 0 amide bonds. The Morgan fingerprint density at radius 3 is 2.86 bits per heavy atom. The Morgan fingerprint density at radius 1 is 1.57 bits per heavy atom. The van der Waals surface area contributed by atoms with E-state index < -0.39 is 0 Å². The van der Waals surface area contributed by atoms with Gasteiger partial charge in [-0.15, -0.1) is 10.7 Å². The molecular weight excluding hydrogens is 194 g/mol. The average molecular weight is 205 g/mol. The molecule has 3 nitrogen and oxygen atoms in total. The van der Waals surface area contributed by atoms with E-state index in [0.29, 0.717) is 5.04 Å². The number of allylic oxidation sites excluding steroid dienone is 1. The zero-order valence-corrected chi connectivity index (χ0v) is 8.95. The molecule has 0 saturated heterocycles. The molecule has 0 N–H and O–H groups in total. The highest BCUT2D eigenvalue weighted by Gasteiger charge is 1.88. The molecule has 0 spiro atoms. The van der Waals surface area contributed by atoms with E-state index in [0.717, 1.165) is 11.4 Å². The third-order valence-electron chi connectivity index (χ3n) is 1.50. The topological polar surface area (TPSA) is 39.4 Å². The van der Waals surface area contributed by atoms with Crippen LogP contribution in [0.25, 0.3) is 11.1 Å². The molecule has 0 atom stereocenters. The lowest BCUT2D eigenvalue weighted by Gasteiger charge is -2.22. The summed E-state index contributed by atoms with van der Waals surface area (Å²) in [7, 11) is 0. The second-order valence-electron chi connectivity index (χ2n) is 2.61. The van der Waals surface area contributed by atoms with Gasteiger partial charge in [0.15, 0.2) is 0 Å². The molecule has 0 radical (unpaired) electrons. The quantitative estimate of drug-likeness (QED) is 0.329. The Kier molecular flexibility index (Phi) is 4.07. The maximum absolute atomic E-state index is 4.80. The van der Waals surface area contributed by atoms with Gasteiger partial charge in [0.2, 0.25) is 0 Å². The summed E-state index contributed by atoms with van der Waals surface area (Å²) in [4.78, 5) is 4.16. The smallest absolute Gasteiger partial charge is 0.0490 e. The van der Waals surface area contributed by atoms with Crippen LogP contribution in [0.1, 0.15) is 19.5 Å². The van der Waals surface area contributed by atoms with Crippen LogP contribution in [-0.4, -0.2) is 10.0 Å². The Labute approximate surface area is 89.4 Å². The summed E-state index contributed by atoms with van der Waals surface area (Å²) >= 11 is 4.80. The van der Waals surface area contributed by atoms with Crippen LogP contribution in [0.4, 0.5) is 0 Å². The third-order valence-corrected chi connectivity index (χ3v) is 1.58. The molecular formula is C10H11N3S-2. The Hall–Kier alpha value is -1.42. The van der Waals surface area contributed by atoms with Gasteiger partial charge in [-0.25, -0.2) is 0 Å². The molecule has 0 fully saturated rings. The van der Waals surface area contributed by atoms with Crippen molar-refractivity contribution in [3.63, 3.8) is 0 Å². The number of hydrogen-bond donors (Lipinski definition) is 0. The van der Waals surface area contributed by atoms with Crippen LogP contribution < -0.4 is 0 Å². The highest BCUT2D eigenvalue weighted by molar-refractivity contribution is 7.77. The molecule has 0 unspecified atom stereocenters. The summed E-state index contributed by atoms with van der Waals surface area (Å²) in [5, 5.41) is 4.33. The number of pyridine rings is 1. The number of nitrogens with zero attached hydrogens (tertiary/aromatic N) is 3. The highest BCUT2D eigenvalue weighted by atomic mass is 32.1. The van der Waals surface area contributed by atoms with E-state index in [1.165, 1.54) is 0 Å². The number of hydrogen-bond acceptors (Lipinski definition) is 3. The van der Waals surface area contributed by atoms with Gasteiger partial charge in [-0.3, -0.25) is 4.98 Å². The first-order valence-corrected chi connectivity index (χ1v) is 4.65. The molecule has 14 heavy (non-hydrogen) atoms. The average Bonchev–Trinajstić information content (AvgIpc) is 2.20. The molecule has 0 saturated carbocycles. The first-order valence-electron chi connectivity index (χ1n) is 4.24. The van der Waals surface area contributed by atoms with Crippen molar-refractivity contribution in [2.24, 2.45) is 5.10 Å². The summed E-state index contributed by atoms with van der Waals surface area (Å²) in [6.45, 7) is 3.62. The minimum absolute atomic E-state index is 0.514. The van der Waals surface area contributed by atoms with Crippen molar-refractivity contribution < 1.29 is 0 Å². The second-order valence-corrected chi connectivity index (χ2v) is 3.20. The molecule has 4 heteroatoms. The fourth-order valence-electron chi connectivity index (χ4n) is 0.895. The maximum atomic E-state index is 4.80. The standard InChI is InChI=1S/C10H12N3S/c1-3-9(13-12-8(2)14)10-6-4-5-7-11-10/h3-7H,1-2H3,(H,12,14)/q-1/p-1. The molecule has 1 rings (SSSR count). The van der Waals surface area contributed by atoms with E-state index in [2.05, 4.69) is 15.5 Å². The van der Waals surface area contributed by atoms with Crippen molar-refractivity contribution in [3.8, 4) is 0 Å². The normalized spacial score (nSPS) is 12.7. The minimum atomic E-state index is 0.514. The summed E-state index contributed by atoms with van der Waals surface area (Å²) < 4.78 is 0. The first kappa shape index (κ1) is 10.7. The summed E-state index contributed by atoms with van der Waals surface area (Å²) in [6, 6.07) is 5.65. The molecule has 74 valence electrons. The van der Waals surface area contributed by atoms with E-state index in [4.69, 9.17) is 12.6 Å². The monoisotopic (exact) mass is 205 g/mol. The lowest BCUT2D eigenvalue weighted by Crippen LogP contribution is -1.87. The van der Waals surface area contributed by atoms with Crippen molar-refractivity contribution in [3.05, 3.63) is 41.6 Å². The number of rotatable bonds is 3. The van der Waals surface area contributed by atoms with Crippen LogP contribution in [0.3, 0.4) is 0 Å². The fraction of sp³-hybridized carbons (Fsp3) is 0.200. The van der Waals surface area contributed by atoms with Gasteiger partial charge in [0.1, 0.15) is 0 Å². The van der Waals surface area contributed by atoms with Crippen molar-refractivity contribution in [1.29, 1.82) is 0 Å². The lowest BCUT2D eigenvalue weighted by atomic mass is 10.3. The zero-order valence-electron chi connectivity index (χ0n) is 8.14. The van der Waals surface area contributed by atoms with E-state index in [1.54, 1.807) is 13.1 Å². The summed E-state index contributed by atoms with van der Waals surface area (Å²) in [5.41, 5.74) is 5.53. The molecule has 1 aromatic heterocycles. The van der Waals surface area contributed by atoms with Crippen LogP contribution in [0.2, 0.25) is 0 Å². The van der Waals surface area contributed by atoms with Gasteiger partial charge in [-0.2, -0.15) is 0 Å². The van der Waals surface area contributed by atoms with E-state index >= 15 is 0 Å². The third kappa shape index (κ3) is 3.14. The maximum Gasteiger partial charge on any atom is 0.0490 e. The van der Waals surface area contributed by atoms with Crippen LogP contribution in [0.15, 0.2) is 35.6 Å². The summed E-state index contributed by atoms with van der Waals surface area (Å²) in [5.74, 6) is 0. The number of aromatic nitrogens is 1. The van der Waals surface area contributed by atoms with E-state index in [1.807, 2.05) is 31.2 Å². The van der Waals surface area contributed by atoms with E-state index in [-0.39, 0.29) is 0 Å². The Bertz CT molecular complexity index is 340. The molecule has 1 heterocycles. The molecule has 0 aliphatic carbocycles. The van der Waals surface area contributed by atoms with Crippen molar-refractivity contribution in [1.82, 2.24) is 4.98 Å². The van der Waals surface area contributed by atoms with Gasteiger partial charge in [-0.1, -0.05) is 12.1 Å². The van der Waals surface area contributed by atoms with Gasteiger partial charge < -0.3 is 23.2 Å². The highest BCUT2D eigenvalue weighted by Crippen LogP contribution is 2.18. The molecule has 0 aliphatic heterocycles. The predicted molar refractivity (Wildman–Crippen MR) is 61.7 cm³/mol.